The Bertz CT molecular complexity index is 399. The summed E-state index contributed by atoms with van der Waals surface area (Å²) in [5.41, 5.74) is 0. The molecule has 2 heterocycles. The first kappa shape index (κ1) is 13.8. The summed E-state index contributed by atoms with van der Waals surface area (Å²) in [7, 11) is 0. The minimum atomic E-state index is 0.299. The predicted molar refractivity (Wildman–Crippen MR) is 77.5 cm³/mol. The molecule has 0 saturated carbocycles. The van der Waals surface area contributed by atoms with Crippen LogP contribution >= 0.6 is 11.3 Å². The lowest BCUT2D eigenvalue weighted by atomic mass is 10.1. The lowest BCUT2D eigenvalue weighted by Crippen LogP contribution is -2.36. The van der Waals surface area contributed by atoms with Crippen molar-refractivity contribution in [3.05, 3.63) is 21.9 Å². The molecule has 1 aromatic heterocycles. The van der Waals surface area contributed by atoms with Crippen molar-refractivity contribution in [2.24, 2.45) is 0 Å². The van der Waals surface area contributed by atoms with E-state index in [1.165, 1.54) is 30.6 Å². The Balaban J connectivity index is 1.97. The number of carbonyl (C=O) groups is 1. The topological polar surface area (TPSA) is 20.3 Å². The fraction of sp³-hybridized carbons (Fsp3) is 0.667. The fourth-order valence-corrected chi connectivity index (χ4v) is 3.43. The maximum Gasteiger partial charge on any atom is 0.186 e. The van der Waals surface area contributed by atoms with Crippen molar-refractivity contribution in [1.82, 2.24) is 4.90 Å². The molecule has 1 saturated heterocycles. The first-order chi connectivity index (χ1) is 8.70. The van der Waals surface area contributed by atoms with Crippen LogP contribution in [0.25, 0.3) is 0 Å². The van der Waals surface area contributed by atoms with Gasteiger partial charge in [-0.2, -0.15) is 0 Å². The Kier molecular flexibility index (Phi) is 4.95. The third kappa shape index (κ3) is 3.42. The monoisotopic (exact) mass is 265 g/mol. The molecule has 1 atom stereocenters. The van der Waals surface area contributed by atoms with Crippen LogP contribution < -0.4 is 0 Å². The molecule has 0 aliphatic carbocycles. The second-order valence-corrected chi connectivity index (χ2v) is 6.38. The quantitative estimate of drug-likeness (QED) is 0.773. The van der Waals surface area contributed by atoms with Gasteiger partial charge in [0, 0.05) is 10.9 Å². The number of Topliss-reactive ketones (excluding diaryl/α,β-unsaturated/α-hetero) is 1. The van der Waals surface area contributed by atoms with E-state index < -0.39 is 0 Å². The maximum absolute atomic E-state index is 12.3. The SMILES string of the molecule is CCc1ccc(C(=O)CN2CCCCCC2C)s1. The van der Waals surface area contributed by atoms with E-state index in [1.807, 2.05) is 6.07 Å². The fourth-order valence-electron chi connectivity index (χ4n) is 2.55. The number of carbonyl (C=O) groups excluding carboxylic acids is 1. The van der Waals surface area contributed by atoms with E-state index in [9.17, 15) is 4.79 Å². The molecule has 0 N–H and O–H groups in total. The standard InChI is InChI=1S/C15H23NOS/c1-3-13-8-9-15(18-13)14(17)11-16-10-6-4-5-7-12(16)2/h8-9,12H,3-7,10-11H2,1-2H3. The predicted octanol–water partition coefficient (Wildman–Crippen LogP) is 3.76. The number of thiophene rings is 1. The third-order valence-electron chi connectivity index (χ3n) is 3.82. The van der Waals surface area contributed by atoms with Crippen molar-refractivity contribution in [2.45, 2.75) is 52.0 Å². The van der Waals surface area contributed by atoms with Crippen molar-refractivity contribution in [1.29, 1.82) is 0 Å². The zero-order valence-electron chi connectivity index (χ0n) is 11.4. The Hall–Kier alpha value is -0.670. The van der Waals surface area contributed by atoms with E-state index in [1.54, 1.807) is 11.3 Å². The molecule has 3 heteroatoms. The van der Waals surface area contributed by atoms with Gasteiger partial charge in [-0.25, -0.2) is 0 Å². The van der Waals surface area contributed by atoms with Gasteiger partial charge in [0.15, 0.2) is 5.78 Å². The van der Waals surface area contributed by atoms with E-state index in [2.05, 4.69) is 24.8 Å². The van der Waals surface area contributed by atoms with Crippen molar-refractivity contribution in [3.63, 3.8) is 0 Å². The van der Waals surface area contributed by atoms with Crippen LogP contribution in [0.1, 0.15) is 54.1 Å². The Labute approximate surface area is 114 Å². The van der Waals surface area contributed by atoms with Crippen LogP contribution in [0.2, 0.25) is 0 Å². The zero-order valence-corrected chi connectivity index (χ0v) is 12.3. The van der Waals surface area contributed by atoms with Gasteiger partial charge < -0.3 is 0 Å². The van der Waals surface area contributed by atoms with Crippen LogP contribution in [0.3, 0.4) is 0 Å². The van der Waals surface area contributed by atoms with Gasteiger partial charge in [0.25, 0.3) is 0 Å². The van der Waals surface area contributed by atoms with E-state index in [0.29, 0.717) is 18.4 Å². The molecule has 0 radical (unpaired) electrons. The summed E-state index contributed by atoms with van der Waals surface area (Å²) in [5.74, 6) is 0.299. The van der Waals surface area contributed by atoms with Crippen LogP contribution in [0.4, 0.5) is 0 Å². The first-order valence-corrected chi connectivity index (χ1v) is 7.88. The van der Waals surface area contributed by atoms with Gasteiger partial charge in [0.05, 0.1) is 11.4 Å². The number of likely N-dealkylation sites (tertiary alicyclic amines) is 1. The van der Waals surface area contributed by atoms with Crippen LogP contribution in [-0.4, -0.2) is 29.8 Å². The highest BCUT2D eigenvalue weighted by Gasteiger charge is 2.20. The Morgan fingerprint density at radius 3 is 2.94 bits per heavy atom. The molecular formula is C15H23NOS. The smallest absolute Gasteiger partial charge is 0.186 e. The normalized spacial score (nSPS) is 21.8. The summed E-state index contributed by atoms with van der Waals surface area (Å²) >= 11 is 1.66. The summed E-state index contributed by atoms with van der Waals surface area (Å²) in [6.07, 6.45) is 6.12. The lowest BCUT2D eigenvalue weighted by molar-refractivity contribution is 0.0905. The molecule has 100 valence electrons. The highest BCUT2D eigenvalue weighted by Crippen LogP contribution is 2.20. The molecule has 1 aromatic rings. The number of nitrogens with zero attached hydrogens (tertiary/aromatic N) is 1. The maximum atomic E-state index is 12.3. The summed E-state index contributed by atoms with van der Waals surface area (Å²) in [4.78, 5) is 16.9. The van der Waals surface area contributed by atoms with E-state index in [4.69, 9.17) is 0 Å². The molecular weight excluding hydrogens is 242 g/mol. The first-order valence-electron chi connectivity index (χ1n) is 7.06. The molecule has 0 aromatic carbocycles. The highest BCUT2D eigenvalue weighted by atomic mass is 32.1. The Morgan fingerprint density at radius 1 is 1.39 bits per heavy atom. The summed E-state index contributed by atoms with van der Waals surface area (Å²) in [6, 6.07) is 4.64. The summed E-state index contributed by atoms with van der Waals surface area (Å²) in [5, 5.41) is 0. The van der Waals surface area contributed by atoms with Gasteiger partial charge in [0.1, 0.15) is 0 Å². The number of rotatable bonds is 4. The van der Waals surface area contributed by atoms with Gasteiger partial charge in [-0.05, 0) is 44.9 Å². The van der Waals surface area contributed by atoms with Gasteiger partial charge in [-0.1, -0.05) is 19.8 Å². The molecule has 18 heavy (non-hydrogen) atoms. The molecule has 0 spiro atoms. The minimum absolute atomic E-state index is 0.299. The second kappa shape index (κ2) is 6.48. The van der Waals surface area contributed by atoms with E-state index >= 15 is 0 Å². The lowest BCUT2D eigenvalue weighted by Gasteiger charge is -2.25. The number of ketones is 1. The van der Waals surface area contributed by atoms with Crippen molar-refractivity contribution >= 4 is 17.1 Å². The molecule has 1 fully saturated rings. The van der Waals surface area contributed by atoms with Crippen LogP contribution in [0, 0.1) is 0 Å². The largest absolute Gasteiger partial charge is 0.293 e. The van der Waals surface area contributed by atoms with E-state index in [0.717, 1.165) is 17.8 Å². The number of hydrogen-bond donors (Lipinski definition) is 0. The molecule has 0 bridgehead atoms. The summed E-state index contributed by atoms with van der Waals surface area (Å²) < 4.78 is 0. The molecule has 1 unspecified atom stereocenters. The molecule has 1 aliphatic rings. The highest BCUT2D eigenvalue weighted by molar-refractivity contribution is 7.14. The van der Waals surface area contributed by atoms with E-state index in [-0.39, 0.29) is 0 Å². The van der Waals surface area contributed by atoms with Gasteiger partial charge in [-0.15, -0.1) is 11.3 Å². The molecule has 0 amide bonds. The van der Waals surface area contributed by atoms with Crippen LogP contribution in [0.5, 0.6) is 0 Å². The molecule has 2 nitrogen and oxygen atoms in total. The average molecular weight is 265 g/mol. The minimum Gasteiger partial charge on any atom is -0.293 e. The number of aryl methyl sites for hydroxylation is 1. The van der Waals surface area contributed by atoms with Gasteiger partial charge in [0.2, 0.25) is 0 Å². The molecule has 2 rings (SSSR count). The van der Waals surface area contributed by atoms with Gasteiger partial charge >= 0.3 is 0 Å². The second-order valence-electron chi connectivity index (χ2n) is 5.21. The Morgan fingerprint density at radius 2 is 2.22 bits per heavy atom. The van der Waals surface area contributed by atoms with Crippen LogP contribution in [-0.2, 0) is 6.42 Å². The van der Waals surface area contributed by atoms with Gasteiger partial charge in [-0.3, -0.25) is 9.69 Å². The zero-order chi connectivity index (χ0) is 13.0. The van der Waals surface area contributed by atoms with Crippen molar-refractivity contribution in [3.8, 4) is 0 Å². The number of hydrogen-bond acceptors (Lipinski definition) is 3. The van der Waals surface area contributed by atoms with Crippen molar-refractivity contribution < 1.29 is 4.79 Å². The summed E-state index contributed by atoms with van der Waals surface area (Å²) in [6.45, 7) is 6.07. The van der Waals surface area contributed by atoms with Crippen LogP contribution in [0.15, 0.2) is 12.1 Å². The third-order valence-corrected chi connectivity index (χ3v) is 5.09. The molecule has 1 aliphatic heterocycles. The van der Waals surface area contributed by atoms with Crippen molar-refractivity contribution in [2.75, 3.05) is 13.1 Å². The average Bonchev–Trinajstić information content (AvgIpc) is 2.77.